The second-order valence-electron chi connectivity index (χ2n) is 3.00. The maximum atomic E-state index is 5.72. The molecule has 0 aliphatic rings. The molecule has 0 bridgehead atoms. The Morgan fingerprint density at radius 2 is 2.33 bits per heavy atom. The molecule has 0 radical (unpaired) electrons. The van der Waals surface area contributed by atoms with E-state index < -0.39 is 0 Å². The van der Waals surface area contributed by atoms with Gasteiger partial charge in [0.1, 0.15) is 18.2 Å². The van der Waals surface area contributed by atoms with Crippen LogP contribution in [0.15, 0.2) is 6.20 Å². The molecular formula is C8H15N3O. The predicted octanol–water partition coefficient (Wildman–Crippen LogP) is 1.19. The van der Waals surface area contributed by atoms with E-state index in [4.69, 9.17) is 10.5 Å². The molecule has 0 aliphatic heterocycles. The zero-order valence-corrected chi connectivity index (χ0v) is 7.74. The Morgan fingerprint density at radius 1 is 1.67 bits per heavy atom. The Balaban J connectivity index is 2.95. The first-order valence-corrected chi connectivity index (χ1v) is 3.97. The molecule has 0 aliphatic carbocycles. The van der Waals surface area contributed by atoms with Crippen LogP contribution in [0.2, 0.25) is 0 Å². The van der Waals surface area contributed by atoms with Gasteiger partial charge in [-0.1, -0.05) is 0 Å². The van der Waals surface area contributed by atoms with Crippen molar-refractivity contribution in [3.05, 3.63) is 12.0 Å². The van der Waals surface area contributed by atoms with Gasteiger partial charge >= 0.3 is 0 Å². The topological polar surface area (TPSA) is 53.1 Å². The van der Waals surface area contributed by atoms with Crippen molar-refractivity contribution in [1.82, 2.24) is 9.55 Å². The second kappa shape index (κ2) is 3.58. The number of rotatable bonds is 3. The minimum absolute atomic E-state index is 0.331. The first kappa shape index (κ1) is 9.06. The Labute approximate surface area is 72.3 Å². The highest BCUT2D eigenvalue weighted by Gasteiger charge is 2.09. The van der Waals surface area contributed by atoms with Crippen LogP contribution >= 0.6 is 0 Å². The van der Waals surface area contributed by atoms with Gasteiger partial charge in [0.25, 0.3) is 0 Å². The van der Waals surface area contributed by atoms with Gasteiger partial charge in [0.05, 0.1) is 6.20 Å². The lowest BCUT2D eigenvalue weighted by Gasteiger charge is -2.12. The highest BCUT2D eigenvalue weighted by Crippen LogP contribution is 2.15. The lowest BCUT2D eigenvalue weighted by atomic mass is 10.4. The zero-order valence-electron chi connectivity index (χ0n) is 7.74. The predicted molar refractivity (Wildman–Crippen MR) is 47.7 cm³/mol. The molecule has 1 aromatic rings. The van der Waals surface area contributed by atoms with Gasteiger partial charge in [-0.25, -0.2) is 4.98 Å². The van der Waals surface area contributed by atoms with Crippen molar-refractivity contribution in [1.29, 1.82) is 0 Å². The van der Waals surface area contributed by atoms with Crippen LogP contribution in [0.3, 0.4) is 0 Å². The third-order valence-electron chi connectivity index (χ3n) is 1.69. The summed E-state index contributed by atoms with van der Waals surface area (Å²) in [7, 11) is 1.65. The van der Waals surface area contributed by atoms with E-state index in [1.54, 1.807) is 13.3 Å². The van der Waals surface area contributed by atoms with Gasteiger partial charge in [0.15, 0.2) is 0 Å². The summed E-state index contributed by atoms with van der Waals surface area (Å²) in [6, 6.07) is 0.331. The Morgan fingerprint density at radius 3 is 2.83 bits per heavy atom. The Bertz CT molecular complexity index is 255. The molecule has 0 fully saturated rings. The SMILES string of the molecule is COCc1ncc(N)n1C(C)C. The highest BCUT2D eigenvalue weighted by atomic mass is 16.5. The summed E-state index contributed by atoms with van der Waals surface area (Å²) >= 11 is 0. The number of imidazole rings is 1. The third kappa shape index (κ3) is 1.58. The molecular weight excluding hydrogens is 154 g/mol. The summed E-state index contributed by atoms with van der Waals surface area (Å²) in [5.74, 6) is 1.57. The number of hydrogen-bond acceptors (Lipinski definition) is 3. The lowest BCUT2D eigenvalue weighted by molar-refractivity contribution is 0.173. The molecule has 1 rings (SSSR count). The van der Waals surface area contributed by atoms with Crippen molar-refractivity contribution < 1.29 is 4.74 Å². The van der Waals surface area contributed by atoms with Gasteiger partial charge in [0, 0.05) is 13.2 Å². The molecule has 1 heterocycles. The Kier molecular flexibility index (Phi) is 2.70. The van der Waals surface area contributed by atoms with E-state index in [9.17, 15) is 0 Å². The Hall–Kier alpha value is -1.03. The molecule has 1 aromatic heterocycles. The van der Waals surface area contributed by atoms with Gasteiger partial charge < -0.3 is 15.0 Å². The molecule has 0 aromatic carbocycles. The minimum atomic E-state index is 0.331. The number of anilines is 1. The fourth-order valence-corrected chi connectivity index (χ4v) is 1.25. The quantitative estimate of drug-likeness (QED) is 0.739. The van der Waals surface area contributed by atoms with E-state index in [-0.39, 0.29) is 0 Å². The number of hydrogen-bond donors (Lipinski definition) is 1. The minimum Gasteiger partial charge on any atom is -0.384 e. The van der Waals surface area contributed by atoms with Crippen LogP contribution in [0, 0.1) is 0 Å². The van der Waals surface area contributed by atoms with Crippen molar-refractivity contribution in [2.75, 3.05) is 12.8 Å². The monoisotopic (exact) mass is 169 g/mol. The normalized spacial score (nSPS) is 11.0. The average Bonchev–Trinajstić information content (AvgIpc) is 2.32. The summed E-state index contributed by atoms with van der Waals surface area (Å²) in [6.07, 6.45) is 1.66. The molecule has 0 saturated carbocycles. The van der Waals surface area contributed by atoms with E-state index in [1.807, 2.05) is 4.57 Å². The van der Waals surface area contributed by atoms with Crippen molar-refractivity contribution in [2.24, 2.45) is 0 Å². The number of nitrogens with two attached hydrogens (primary N) is 1. The van der Waals surface area contributed by atoms with E-state index in [0.717, 1.165) is 5.82 Å². The molecule has 4 nitrogen and oxygen atoms in total. The summed E-state index contributed by atoms with van der Waals surface area (Å²) in [4.78, 5) is 4.14. The summed E-state index contributed by atoms with van der Waals surface area (Å²) < 4.78 is 6.95. The first-order valence-electron chi connectivity index (χ1n) is 3.97. The maximum absolute atomic E-state index is 5.72. The van der Waals surface area contributed by atoms with E-state index in [2.05, 4.69) is 18.8 Å². The van der Waals surface area contributed by atoms with E-state index in [0.29, 0.717) is 18.5 Å². The van der Waals surface area contributed by atoms with Crippen LogP contribution in [-0.4, -0.2) is 16.7 Å². The fraction of sp³-hybridized carbons (Fsp3) is 0.625. The van der Waals surface area contributed by atoms with Gasteiger partial charge in [-0.2, -0.15) is 0 Å². The van der Waals surface area contributed by atoms with Crippen LogP contribution in [-0.2, 0) is 11.3 Å². The van der Waals surface area contributed by atoms with Gasteiger partial charge in [-0.05, 0) is 13.8 Å². The van der Waals surface area contributed by atoms with E-state index in [1.165, 1.54) is 0 Å². The zero-order chi connectivity index (χ0) is 9.14. The first-order chi connectivity index (χ1) is 5.66. The van der Waals surface area contributed by atoms with Crippen molar-refractivity contribution in [3.63, 3.8) is 0 Å². The highest BCUT2D eigenvalue weighted by molar-refractivity contribution is 5.28. The maximum Gasteiger partial charge on any atom is 0.136 e. The van der Waals surface area contributed by atoms with Crippen LogP contribution < -0.4 is 5.73 Å². The molecule has 68 valence electrons. The third-order valence-corrected chi connectivity index (χ3v) is 1.69. The number of ether oxygens (including phenoxy) is 1. The van der Waals surface area contributed by atoms with Gasteiger partial charge in [0.2, 0.25) is 0 Å². The average molecular weight is 169 g/mol. The van der Waals surface area contributed by atoms with Crippen molar-refractivity contribution in [3.8, 4) is 0 Å². The van der Waals surface area contributed by atoms with Crippen LogP contribution in [0.25, 0.3) is 0 Å². The van der Waals surface area contributed by atoms with Crippen LogP contribution in [0.4, 0.5) is 5.82 Å². The molecule has 4 heteroatoms. The van der Waals surface area contributed by atoms with Crippen LogP contribution in [0.5, 0.6) is 0 Å². The van der Waals surface area contributed by atoms with Gasteiger partial charge in [-0.3, -0.25) is 0 Å². The number of aromatic nitrogens is 2. The molecule has 0 atom stereocenters. The largest absolute Gasteiger partial charge is 0.384 e. The van der Waals surface area contributed by atoms with Crippen molar-refractivity contribution in [2.45, 2.75) is 26.5 Å². The fourth-order valence-electron chi connectivity index (χ4n) is 1.25. The molecule has 2 N–H and O–H groups in total. The van der Waals surface area contributed by atoms with Crippen LogP contribution in [0.1, 0.15) is 25.7 Å². The smallest absolute Gasteiger partial charge is 0.136 e. The lowest BCUT2D eigenvalue weighted by Crippen LogP contribution is -2.09. The number of nitrogens with zero attached hydrogens (tertiary/aromatic N) is 2. The number of methoxy groups -OCH3 is 1. The molecule has 0 amide bonds. The molecule has 0 spiro atoms. The van der Waals surface area contributed by atoms with E-state index >= 15 is 0 Å². The molecule has 0 saturated heterocycles. The van der Waals surface area contributed by atoms with Crippen molar-refractivity contribution >= 4 is 5.82 Å². The number of nitrogen functional groups attached to an aromatic ring is 1. The summed E-state index contributed by atoms with van der Waals surface area (Å²) in [6.45, 7) is 4.64. The standard InChI is InChI=1S/C8H15N3O/c1-6(2)11-7(9)4-10-8(11)5-12-3/h4,6H,5,9H2,1-3H3. The molecule has 0 unspecified atom stereocenters. The summed E-state index contributed by atoms with van der Waals surface area (Å²) in [5, 5.41) is 0. The second-order valence-corrected chi connectivity index (χ2v) is 3.00. The van der Waals surface area contributed by atoms with Gasteiger partial charge in [-0.15, -0.1) is 0 Å². The summed E-state index contributed by atoms with van der Waals surface area (Å²) in [5.41, 5.74) is 5.72. The molecule has 12 heavy (non-hydrogen) atoms.